The van der Waals surface area contributed by atoms with Gasteiger partial charge in [-0.05, 0) is 142 Å². The van der Waals surface area contributed by atoms with Crippen LogP contribution in [-0.4, -0.2) is 0 Å². The zero-order valence-electron chi connectivity index (χ0n) is 29.2. The van der Waals surface area contributed by atoms with Crippen molar-refractivity contribution in [2.24, 2.45) is 0 Å². The lowest BCUT2D eigenvalue weighted by molar-refractivity contribution is 1.06. The molecule has 0 fully saturated rings. The van der Waals surface area contributed by atoms with E-state index in [0.717, 1.165) is 59.8 Å². The Labute approximate surface area is 306 Å². The molecule has 0 aliphatic heterocycles. The zero-order valence-corrected chi connectivity index (χ0v) is 29.2. The molecule has 0 saturated carbocycles. The SMILES string of the molecule is C1=CCCC(c2c3ccc(N(c4ccccc4)c4ccccc4)cc3c(C3=CC=CCC3)c3ccc(N(c4ccccc4)c4ccccc4)cc23)=C1. The van der Waals surface area contributed by atoms with Gasteiger partial charge in [0.05, 0.1) is 0 Å². The summed E-state index contributed by atoms with van der Waals surface area (Å²) in [5, 5.41) is 5.19. The van der Waals surface area contributed by atoms with Crippen LogP contribution in [0.2, 0.25) is 0 Å². The molecule has 7 aromatic carbocycles. The summed E-state index contributed by atoms with van der Waals surface area (Å²) < 4.78 is 0. The number of para-hydroxylation sites is 4. The molecular weight excluding hydrogens is 629 g/mol. The van der Waals surface area contributed by atoms with E-state index in [4.69, 9.17) is 0 Å². The minimum Gasteiger partial charge on any atom is -0.310 e. The first-order chi connectivity index (χ1) is 25.8. The van der Waals surface area contributed by atoms with Gasteiger partial charge in [0.15, 0.2) is 0 Å². The Hall–Kier alpha value is -6.38. The third-order valence-electron chi connectivity index (χ3n) is 10.3. The van der Waals surface area contributed by atoms with Gasteiger partial charge in [0.25, 0.3) is 0 Å². The molecule has 0 heterocycles. The van der Waals surface area contributed by atoms with E-state index < -0.39 is 0 Å². The van der Waals surface area contributed by atoms with Crippen LogP contribution in [-0.2, 0) is 0 Å². The molecule has 0 amide bonds. The van der Waals surface area contributed by atoms with Gasteiger partial charge >= 0.3 is 0 Å². The van der Waals surface area contributed by atoms with Gasteiger partial charge in [-0.2, -0.15) is 0 Å². The maximum Gasteiger partial charge on any atom is 0.0468 e. The highest BCUT2D eigenvalue weighted by Crippen LogP contribution is 2.47. The molecule has 2 heteroatoms. The second-order valence-corrected chi connectivity index (χ2v) is 13.5. The van der Waals surface area contributed by atoms with Crippen molar-refractivity contribution in [3.63, 3.8) is 0 Å². The number of hydrogen-bond acceptors (Lipinski definition) is 2. The van der Waals surface area contributed by atoms with Crippen molar-refractivity contribution in [3.8, 4) is 0 Å². The number of hydrogen-bond donors (Lipinski definition) is 0. The normalized spacial score (nSPS) is 13.9. The molecule has 2 aliphatic carbocycles. The van der Waals surface area contributed by atoms with Crippen molar-refractivity contribution < 1.29 is 0 Å². The highest BCUT2D eigenvalue weighted by molar-refractivity contribution is 6.17. The minimum absolute atomic E-state index is 1.01. The van der Waals surface area contributed by atoms with Gasteiger partial charge in [-0.15, -0.1) is 0 Å². The second-order valence-electron chi connectivity index (χ2n) is 13.5. The van der Waals surface area contributed by atoms with Crippen LogP contribution in [0.4, 0.5) is 34.1 Å². The van der Waals surface area contributed by atoms with Gasteiger partial charge in [-0.3, -0.25) is 0 Å². The quantitative estimate of drug-likeness (QED) is 0.149. The van der Waals surface area contributed by atoms with Crippen LogP contribution in [0.3, 0.4) is 0 Å². The topological polar surface area (TPSA) is 6.48 Å². The van der Waals surface area contributed by atoms with Gasteiger partial charge in [0.2, 0.25) is 0 Å². The summed E-state index contributed by atoms with van der Waals surface area (Å²) in [6.45, 7) is 0. The average Bonchev–Trinajstić information content (AvgIpc) is 3.22. The largest absolute Gasteiger partial charge is 0.310 e. The molecule has 0 radical (unpaired) electrons. The van der Waals surface area contributed by atoms with Crippen molar-refractivity contribution >= 4 is 66.8 Å². The van der Waals surface area contributed by atoms with Crippen LogP contribution in [0.25, 0.3) is 32.7 Å². The Morgan fingerprint density at radius 2 is 0.673 bits per heavy atom. The summed E-state index contributed by atoms with van der Waals surface area (Å²) in [5.74, 6) is 0. The molecule has 0 aromatic heterocycles. The van der Waals surface area contributed by atoms with Gasteiger partial charge in [0.1, 0.15) is 0 Å². The Morgan fingerprint density at radius 3 is 0.981 bits per heavy atom. The van der Waals surface area contributed by atoms with E-state index in [9.17, 15) is 0 Å². The van der Waals surface area contributed by atoms with E-state index in [1.54, 1.807) is 0 Å². The third kappa shape index (κ3) is 5.93. The fraction of sp³-hybridized carbons (Fsp3) is 0.0800. The third-order valence-corrected chi connectivity index (χ3v) is 10.3. The summed E-state index contributed by atoms with van der Waals surface area (Å²) >= 11 is 0. The Morgan fingerprint density at radius 1 is 0.327 bits per heavy atom. The Bertz CT molecular complexity index is 2230. The second kappa shape index (κ2) is 14.1. The van der Waals surface area contributed by atoms with Crippen LogP contribution in [0.15, 0.2) is 194 Å². The van der Waals surface area contributed by atoms with Gasteiger partial charge < -0.3 is 9.80 Å². The maximum atomic E-state index is 2.44. The van der Waals surface area contributed by atoms with Gasteiger partial charge in [-0.1, -0.05) is 121 Å². The molecule has 9 rings (SSSR count). The molecule has 0 bridgehead atoms. The van der Waals surface area contributed by atoms with E-state index in [1.165, 1.54) is 43.8 Å². The lowest BCUT2D eigenvalue weighted by Crippen LogP contribution is -2.10. The van der Waals surface area contributed by atoms with Crippen LogP contribution in [0.5, 0.6) is 0 Å². The lowest BCUT2D eigenvalue weighted by atomic mass is 9.82. The monoisotopic (exact) mass is 668 g/mol. The smallest absolute Gasteiger partial charge is 0.0468 e. The Balaban J connectivity index is 1.36. The Kier molecular flexibility index (Phi) is 8.56. The summed E-state index contributed by atoms with van der Waals surface area (Å²) in [5.41, 5.74) is 12.3. The predicted octanol–water partition coefficient (Wildman–Crippen LogP) is 14.4. The van der Waals surface area contributed by atoms with Gasteiger partial charge in [0, 0.05) is 34.1 Å². The molecule has 2 aliphatic rings. The number of benzene rings is 7. The maximum absolute atomic E-state index is 2.44. The first-order valence-corrected chi connectivity index (χ1v) is 18.4. The van der Waals surface area contributed by atoms with E-state index >= 15 is 0 Å². The van der Waals surface area contributed by atoms with Crippen molar-refractivity contribution in [2.75, 3.05) is 9.80 Å². The molecule has 0 unspecified atom stereocenters. The summed E-state index contributed by atoms with van der Waals surface area (Å²) in [4.78, 5) is 4.76. The molecule has 0 saturated heterocycles. The summed E-state index contributed by atoms with van der Waals surface area (Å²) in [6.07, 6.45) is 17.8. The number of rotatable bonds is 8. The van der Waals surface area contributed by atoms with Crippen molar-refractivity contribution in [1.82, 2.24) is 0 Å². The van der Waals surface area contributed by atoms with Crippen molar-refractivity contribution in [1.29, 1.82) is 0 Å². The number of fused-ring (bicyclic) bond motifs is 2. The van der Waals surface area contributed by atoms with Crippen LogP contribution >= 0.6 is 0 Å². The fourth-order valence-corrected chi connectivity index (χ4v) is 8.00. The van der Waals surface area contributed by atoms with Gasteiger partial charge in [-0.25, -0.2) is 0 Å². The van der Waals surface area contributed by atoms with Crippen molar-refractivity contribution in [2.45, 2.75) is 25.7 Å². The summed E-state index contributed by atoms with van der Waals surface area (Å²) in [6, 6.07) is 57.2. The van der Waals surface area contributed by atoms with E-state index in [-0.39, 0.29) is 0 Å². The standard InChI is InChI=1S/C50H40N2/c1-7-19-37(20-8-1)49-45-33-31-44(52(41-27-15-5-16-28-41)42-29-17-6-18-30-42)36-48(45)50(38-21-9-2-10-22-38)46-34-32-43(35-47(46)49)51(39-23-11-3-12-24-39)40-25-13-4-14-26-40/h1-7,9,11-19,21,23-36H,8,10,20,22H2. The van der Waals surface area contributed by atoms with Crippen molar-refractivity contribution in [3.05, 3.63) is 205 Å². The molecule has 0 atom stereocenters. The highest BCUT2D eigenvalue weighted by atomic mass is 15.1. The summed E-state index contributed by atoms with van der Waals surface area (Å²) in [7, 11) is 0. The molecule has 7 aromatic rings. The average molecular weight is 669 g/mol. The highest BCUT2D eigenvalue weighted by Gasteiger charge is 2.23. The number of nitrogens with zero attached hydrogens (tertiary/aromatic N) is 2. The molecule has 250 valence electrons. The number of allylic oxidation sites excluding steroid dienone is 8. The lowest BCUT2D eigenvalue weighted by Gasteiger charge is -2.29. The molecule has 0 N–H and O–H groups in total. The molecule has 52 heavy (non-hydrogen) atoms. The van der Waals surface area contributed by atoms with Crippen LogP contribution in [0.1, 0.15) is 36.8 Å². The van der Waals surface area contributed by atoms with E-state index in [0.29, 0.717) is 0 Å². The molecule has 0 spiro atoms. The van der Waals surface area contributed by atoms with Crippen LogP contribution < -0.4 is 9.80 Å². The number of anilines is 6. The minimum atomic E-state index is 1.01. The predicted molar refractivity (Wildman–Crippen MR) is 224 cm³/mol. The zero-order chi connectivity index (χ0) is 34.7. The first kappa shape index (κ1) is 31.6. The molecule has 2 nitrogen and oxygen atoms in total. The van der Waals surface area contributed by atoms with E-state index in [1.807, 2.05) is 0 Å². The molecular formula is C50H40N2. The first-order valence-electron chi connectivity index (χ1n) is 18.4. The fourth-order valence-electron chi connectivity index (χ4n) is 8.00. The van der Waals surface area contributed by atoms with E-state index in [2.05, 4.69) is 204 Å². The van der Waals surface area contributed by atoms with Crippen LogP contribution in [0, 0.1) is 0 Å².